The van der Waals surface area contributed by atoms with E-state index in [1.54, 1.807) is 17.1 Å². The third kappa shape index (κ3) is 3.97. The van der Waals surface area contributed by atoms with Gasteiger partial charge in [0.2, 0.25) is 0 Å². The van der Waals surface area contributed by atoms with E-state index in [1.165, 1.54) is 18.5 Å². The topological polar surface area (TPSA) is 110 Å². The lowest BCUT2D eigenvalue weighted by Crippen LogP contribution is -2.03. The molecule has 25 heavy (non-hydrogen) atoms. The van der Waals surface area contributed by atoms with E-state index in [0.29, 0.717) is 18.8 Å². The minimum Gasteiger partial charge on any atom is -0.380 e. The van der Waals surface area contributed by atoms with Gasteiger partial charge < -0.3 is 5.32 Å². The van der Waals surface area contributed by atoms with E-state index < -0.39 is 4.92 Å². The number of anilines is 1. The molecule has 0 saturated heterocycles. The van der Waals surface area contributed by atoms with E-state index >= 15 is 0 Å². The van der Waals surface area contributed by atoms with Gasteiger partial charge in [0.25, 0.3) is 5.69 Å². The van der Waals surface area contributed by atoms with Crippen molar-refractivity contribution in [1.29, 1.82) is 5.26 Å². The Morgan fingerprint density at radius 3 is 2.60 bits per heavy atom. The molecule has 0 radical (unpaired) electrons. The molecule has 3 rings (SSSR count). The zero-order valence-corrected chi connectivity index (χ0v) is 13.2. The first kappa shape index (κ1) is 16.1. The van der Waals surface area contributed by atoms with Crippen molar-refractivity contribution in [1.82, 2.24) is 14.8 Å². The lowest BCUT2D eigenvalue weighted by molar-refractivity contribution is -0.384. The number of non-ortho nitro benzene ring substituents is 1. The number of nitriles is 1. The van der Waals surface area contributed by atoms with Crippen LogP contribution in [-0.4, -0.2) is 19.7 Å². The molecule has 8 nitrogen and oxygen atoms in total. The van der Waals surface area contributed by atoms with Crippen LogP contribution in [-0.2, 0) is 13.1 Å². The second-order valence-corrected chi connectivity index (χ2v) is 5.36. The van der Waals surface area contributed by atoms with Crippen LogP contribution in [0.3, 0.4) is 0 Å². The molecule has 0 atom stereocenters. The normalized spacial score (nSPS) is 10.2. The Bertz CT molecular complexity index is 913. The fourth-order valence-electron chi connectivity index (χ4n) is 2.35. The van der Waals surface area contributed by atoms with E-state index in [0.717, 1.165) is 11.1 Å². The Kier molecular flexibility index (Phi) is 4.67. The van der Waals surface area contributed by atoms with E-state index in [4.69, 9.17) is 5.26 Å². The summed E-state index contributed by atoms with van der Waals surface area (Å²) in [6, 6.07) is 14.1. The first-order valence-electron chi connectivity index (χ1n) is 7.48. The number of hydrogen-bond donors (Lipinski definition) is 1. The third-order valence-corrected chi connectivity index (χ3v) is 3.65. The number of rotatable bonds is 6. The average molecular weight is 334 g/mol. The monoisotopic (exact) mass is 334 g/mol. The van der Waals surface area contributed by atoms with Crippen LogP contribution in [0.2, 0.25) is 0 Å². The van der Waals surface area contributed by atoms with E-state index in [9.17, 15) is 10.1 Å². The van der Waals surface area contributed by atoms with Crippen LogP contribution in [0.15, 0.2) is 55.1 Å². The Labute approximate surface area is 143 Å². The van der Waals surface area contributed by atoms with Crippen molar-refractivity contribution in [3.63, 3.8) is 0 Å². The highest BCUT2D eigenvalue weighted by Gasteiger charge is 2.10. The molecule has 0 unspecified atom stereocenters. The first-order chi connectivity index (χ1) is 12.2. The second kappa shape index (κ2) is 7.23. The highest BCUT2D eigenvalue weighted by atomic mass is 16.6. The molecule has 1 heterocycles. The van der Waals surface area contributed by atoms with Gasteiger partial charge in [-0.25, -0.2) is 9.67 Å². The SMILES string of the molecule is N#Cc1cc([N+](=O)[O-])ccc1NCc1ccc(Cn2cncn2)cc1. The minimum atomic E-state index is -0.515. The summed E-state index contributed by atoms with van der Waals surface area (Å²) in [6.45, 7) is 1.16. The number of nitro benzene ring substituents is 1. The molecule has 0 bridgehead atoms. The highest BCUT2D eigenvalue weighted by molar-refractivity contribution is 5.61. The predicted octanol–water partition coefficient (Wildman–Crippen LogP) is 2.72. The number of benzene rings is 2. The molecular weight excluding hydrogens is 320 g/mol. The molecule has 8 heteroatoms. The van der Waals surface area contributed by atoms with E-state index in [2.05, 4.69) is 15.4 Å². The molecule has 0 aliphatic rings. The Balaban J connectivity index is 1.65. The summed E-state index contributed by atoms with van der Waals surface area (Å²) in [5.41, 5.74) is 2.85. The van der Waals surface area contributed by atoms with E-state index in [1.807, 2.05) is 30.3 Å². The maximum atomic E-state index is 10.8. The molecule has 1 N–H and O–H groups in total. The standard InChI is InChI=1S/C17H14N6O2/c18-8-15-7-16(23(24)25)5-6-17(15)20-9-13-1-3-14(4-2-13)10-22-12-19-11-21-22/h1-7,11-12,20H,9-10H2. The quantitative estimate of drug-likeness (QED) is 0.548. The summed E-state index contributed by atoms with van der Waals surface area (Å²) in [6.07, 6.45) is 3.16. The molecular formula is C17H14N6O2. The molecule has 1 aromatic heterocycles. The largest absolute Gasteiger partial charge is 0.380 e. The van der Waals surface area contributed by atoms with Crippen molar-refractivity contribution in [2.75, 3.05) is 5.32 Å². The van der Waals surface area contributed by atoms with Crippen molar-refractivity contribution in [2.24, 2.45) is 0 Å². The van der Waals surface area contributed by atoms with Crippen molar-refractivity contribution < 1.29 is 4.92 Å². The van der Waals surface area contributed by atoms with Crippen LogP contribution in [0, 0.1) is 21.4 Å². The highest BCUT2D eigenvalue weighted by Crippen LogP contribution is 2.22. The van der Waals surface area contributed by atoms with Gasteiger partial charge in [0.1, 0.15) is 18.7 Å². The van der Waals surface area contributed by atoms with Crippen LogP contribution >= 0.6 is 0 Å². The molecule has 0 saturated carbocycles. The number of aromatic nitrogens is 3. The zero-order chi connectivity index (χ0) is 17.6. The van der Waals surface area contributed by atoms with Crippen LogP contribution in [0.5, 0.6) is 0 Å². The predicted molar refractivity (Wildman–Crippen MR) is 90.7 cm³/mol. The van der Waals surface area contributed by atoms with Crippen LogP contribution in [0.1, 0.15) is 16.7 Å². The van der Waals surface area contributed by atoms with Gasteiger partial charge in [-0.3, -0.25) is 10.1 Å². The number of nitrogens with one attached hydrogen (secondary N) is 1. The molecule has 3 aromatic rings. The van der Waals surface area contributed by atoms with Crippen molar-refractivity contribution >= 4 is 11.4 Å². The lowest BCUT2D eigenvalue weighted by atomic mass is 10.1. The summed E-state index contributed by atoms with van der Waals surface area (Å²) in [7, 11) is 0. The maximum absolute atomic E-state index is 10.8. The van der Waals surface area contributed by atoms with Crippen LogP contribution < -0.4 is 5.32 Å². The zero-order valence-electron chi connectivity index (χ0n) is 13.2. The summed E-state index contributed by atoms with van der Waals surface area (Å²) >= 11 is 0. The molecule has 2 aromatic carbocycles. The minimum absolute atomic E-state index is 0.0976. The number of hydrogen-bond acceptors (Lipinski definition) is 6. The van der Waals surface area contributed by atoms with Gasteiger partial charge in [-0.15, -0.1) is 0 Å². The summed E-state index contributed by atoms with van der Waals surface area (Å²) in [5.74, 6) is 0. The van der Waals surface area contributed by atoms with Crippen molar-refractivity contribution in [2.45, 2.75) is 13.1 Å². The van der Waals surface area contributed by atoms with Gasteiger partial charge in [0.15, 0.2) is 0 Å². The van der Waals surface area contributed by atoms with Gasteiger partial charge in [-0.05, 0) is 17.2 Å². The number of nitro groups is 1. The molecule has 124 valence electrons. The van der Waals surface area contributed by atoms with E-state index in [-0.39, 0.29) is 11.3 Å². The van der Waals surface area contributed by atoms with Crippen LogP contribution in [0.4, 0.5) is 11.4 Å². The Morgan fingerprint density at radius 1 is 1.20 bits per heavy atom. The average Bonchev–Trinajstić information content (AvgIpc) is 3.14. The summed E-state index contributed by atoms with van der Waals surface area (Å²) in [4.78, 5) is 14.2. The van der Waals surface area contributed by atoms with Crippen molar-refractivity contribution in [3.8, 4) is 6.07 Å². The van der Waals surface area contributed by atoms with Gasteiger partial charge >= 0.3 is 0 Å². The second-order valence-electron chi connectivity index (χ2n) is 5.36. The first-order valence-corrected chi connectivity index (χ1v) is 7.48. The fraction of sp³-hybridized carbons (Fsp3) is 0.118. The molecule has 0 aliphatic heterocycles. The van der Waals surface area contributed by atoms with Crippen molar-refractivity contribution in [3.05, 3.63) is 81.9 Å². The Hall–Kier alpha value is -3.73. The van der Waals surface area contributed by atoms with Gasteiger partial charge in [0.05, 0.1) is 22.7 Å². The van der Waals surface area contributed by atoms with Gasteiger partial charge in [-0.2, -0.15) is 10.4 Å². The summed E-state index contributed by atoms with van der Waals surface area (Å²) in [5, 5.41) is 27.1. The molecule has 0 amide bonds. The molecule has 0 spiro atoms. The lowest BCUT2D eigenvalue weighted by Gasteiger charge is -2.09. The van der Waals surface area contributed by atoms with Crippen LogP contribution in [0.25, 0.3) is 0 Å². The smallest absolute Gasteiger partial charge is 0.270 e. The molecule has 0 aliphatic carbocycles. The maximum Gasteiger partial charge on any atom is 0.270 e. The number of nitrogens with zero attached hydrogens (tertiary/aromatic N) is 5. The third-order valence-electron chi connectivity index (χ3n) is 3.65. The van der Waals surface area contributed by atoms with Gasteiger partial charge in [0, 0.05) is 18.7 Å². The molecule has 0 fully saturated rings. The van der Waals surface area contributed by atoms with Gasteiger partial charge in [-0.1, -0.05) is 24.3 Å². The Morgan fingerprint density at radius 2 is 1.96 bits per heavy atom. The summed E-state index contributed by atoms with van der Waals surface area (Å²) < 4.78 is 1.74. The fourth-order valence-corrected chi connectivity index (χ4v) is 2.35.